The smallest absolute Gasteiger partial charge is 0.398 e. The number of nitro benzene ring substituents is 1. The highest BCUT2D eigenvalue weighted by Crippen LogP contribution is 2.33. The summed E-state index contributed by atoms with van der Waals surface area (Å²) in [5, 5.41) is 10.4. The maximum atomic E-state index is 11.9. The Morgan fingerprint density at radius 1 is 1.44 bits per heavy atom. The highest BCUT2D eigenvalue weighted by Gasteiger charge is 2.34. The van der Waals surface area contributed by atoms with Gasteiger partial charge in [-0.25, -0.2) is 0 Å². The molecule has 1 rings (SSSR count). The number of hydrogen-bond donors (Lipinski definition) is 2. The lowest BCUT2D eigenvalue weighted by atomic mass is 10.2. The first-order valence-electron chi connectivity index (χ1n) is 3.84. The van der Waals surface area contributed by atoms with Crippen LogP contribution in [0.2, 0.25) is 0 Å². The molecular formula is C7H6F3N3O3. The van der Waals surface area contributed by atoms with E-state index < -0.39 is 22.7 Å². The van der Waals surface area contributed by atoms with Gasteiger partial charge in [0.1, 0.15) is 0 Å². The van der Waals surface area contributed by atoms with Crippen LogP contribution in [0.4, 0.5) is 24.5 Å². The Bertz CT molecular complexity index is 408. The van der Waals surface area contributed by atoms with Gasteiger partial charge in [0.2, 0.25) is 5.75 Å². The first-order valence-corrected chi connectivity index (χ1v) is 3.84. The summed E-state index contributed by atoms with van der Waals surface area (Å²) in [7, 11) is 0. The van der Waals surface area contributed by atoms with Gasteiger partial charge in [-0.15, -0.1) is 13.2 Å². The molecular weight excluding hydrogens is 231 g/mol. The molecule has 0 aromatic heterocycles. The lowest BCUT2D eigenvalue weighted by molar-refractivity contribution is -0.388. The number of anilines is 1. The average molecular weight is 237 g/mol. The number of alkyl halides is 3. The molecule has 0 fully saturated rings. The lowest BCUT2D eigenvalue weighted by Crippen LogP contribution is -2.18. The van der Waals surface area contributed by atoms with Crippen LogP contribution in [0.5, 0.6) is 5.75 Å². The van der Waals surface area contributed by atoms with Crippen molar-refractivity contribution in [3.63, 3.8) is 0 Å². The molecule has 16 heavy (non-hydrogen) atoms. The van der Waals surface area contributed by atoms with Crippen LogP contribution in [-0.2, 0) is 0 Å². The molecule has 0 amide bonds. The summed E-state index contributed by atoms with van der Waals surface area (Å²) >= 11 is 0. The third-order valence-corrected chi connectivity index (χ3v) is 1.55. The predicted molar refractivity (Wildman–Crippen MR) is 47.6 cm³/mol. The Morgan fingerprint density at radius 2 is 2.06 bits per heavy atom. The fraction of sp³-hybridized carbons (Fsp3) is 0.143. The van der Waals surface area contributed by atoms with Crippen molar-refractivity contribution in [1.82, 2.24) is 0 Å². The van der Waals surface area contributed by atoms with Crippen LogP contribution in [0, 0.1) is 10.1 Å². The summed E-state index contributed by atoms with van der Waals surface area (Å²) in [6.45, 7) is 0. The third kappa shape index (κ3) is 2.98. The fourth-order valence-corrected chi connectivity index (χ4v) is 0.961. The maximum Gasteiger partial charge on any atom is 0.573 e. The summed E-state index contributed by atoms with van der Waals surface area (Å²) in [6.07, 6.45) is -5.00. The van der Waals surface area contributed by atoms with Crippen molar-refractivity contribution in [3.8, 4) is 5.75 Å². The van der Waals surface area contributed by atoms with Gasteiger partial charge >= 0.3 is 12.0 Å². The monoisotopic (exact) mass is 237 g/mol. The number of nitrogens with zero attached hydrogens (tertiary/aromatic N) is 1. The van der Waals surface area contributed by atoms with E-state index in [1.54, 1.807) is 0 Å². The summed E-state index contributed by atoms with van der Waals surface area (Å²) in [6, 6.07) is 2.79. The zero-order valence-electron chi connectivity index (χ0n) is 7.62. The van der Waals surface area contributed by atoms with E-state index in [4.69, 9.17) is 5.84 Å². The minimum absolute atomic E-state index is 0.0600. The second kappa shape index (κ2) is 4.23. The Kier molecular flexibility index (Phi) is 3.18. The van der Waals surface area contributed by atoms with Gasteiger partial charge in [0.15, 0.2) is 0 Å². The van der Waals surface area contributed by atoms with Crippen LogP contribution in [0.3, 0.4) is 0 Å². The Morgan fingerprint density at radius 3 is 2.50 bits per heavy atom. The van der Waals surface area contributed by atoms with E-state index in [-0.39, 0.29) is 5.69 Å². The zero-order chi connectivity index (χ0) is 12.3. The van der Waals surface area contributed by atoms with E-state index in [9.17, 15) is 23.3 Å². The average Bonchev–Trinajstić information content (AvgIpc) is 2.14. The van der Waals surface area contributed by atoms with Crippen LogP contribution in [0.1, 0.15) is 0 Å². The molecule has 0 heterocycles. The van der Waals surface area contributed by atoms with Gasteiger partial charge in [-0.2, -0.15) is 0 Å². The van der Waals surface area contributed by atoms with Crippen molar-refractivity contribution in [2.24, 2.45) is 5.84 Å². The molecule has 0 saturated carbocycles. The van der Waals surface area contributed by atoms with Crippen LogP contribution >= 0.6 is 0 Å². The molecule has 1 aromatic rings. The van der Waals surface area contributed by atoms with Gasteiger partial charge in [0, 0.05) is 12.1 Å². The molecule has 1 aromatic carbocycles. The van der Waals surface area contributed by atoms with Crippen molar-refractivity contribution >= 4 is 11.4 Å². The maximum absolute atomic E-state index is 11.9. The highest BCUT2D eigenvalue weighted by atomic mass is 19.4. The molecule has 0 spiro atoms. The zero-order valence-corrected chi connectivity index (χ0v) is 7.62. The van der Waals surface area contributed by atoms with Gasteiger partial charge < -0.3 is 10.2 Å². The first kappa shape index (κ1) is 12.0. The molecule has 88 valence electrons. The fourth-order valence-electron chi connectivity index (χ4n) is 0.961. The molecule has 0 aliphatic carbocycles. The molecule has 0 atom stereocenters. The Balaban J connectivity index is 3.15. The SMILES string of the molecule is NNc1ccc([N+](=O)[O-])c(OC(F)(F)F)c1. The van der Waals surface area contributed by atoms with E-state index in [1.165, 1.54) is 0 Å². The summed E-state index contributed by atoms with van der Waals surface area (Å²) in [5.41, 5.74) is 1.31. The second-order valence-electron chi connectivity index (χ2n) is 2.63. The molecule has 9 heteroatoms. The topological polar surface area (TPSA) is 90.4 Å². The summed E-state index contributed by atoms with van der Waals surface area (Å²) < 4.78 is 39.3. The number of halogens is 3. The van der Waals surface area contributed by atoms with Crippen LogP contribution in [-0.4, -0.2) is 11.3 Å². The van der Waals surface area contributed by atoms with Gasteiger partial charge in [0.05, 0.1) is 10.6 Å². The van der Waals surface area contributed by atoms with Crippen molar-refractivity contribution < 1.29 is 22.8 Å². The van der Waals surface area contributed by atoms with E-state index >= 15 is 0 Å². The van der Waals surface area contributed by atoms with Gasteiger partial charge in [-0.3, -0.25) is 16.0 Å². The third-order valence-electron chi connectivity index (χ3n) is 1.55. The quantitative estimate of drug-likeness (QED) is 0.475. The van der Waals surface area contributed by atoms with Crippen LogP contribution in [0.25, 0.3) is 0 Å². The Labute approximate surface area is 86.9 Å². The molecule has 0 unspecified atom stereocenters. The van der Waals surface area contributed by atoms with E-state index in [0.717, 1.165) is 18.2 Å². The van der Waals surface area contributed by atoms with Gasteiger partial charge in [0.25, 0.3) is 0 Å². The van der Waals surface area contributed by atoms with Gasteiger partial charge in [-0.1, -0.05) is 0 Å². The minimum Gasteiger partial charge on any atom is -0.398 e. The number of nitrogen functional groups attached to an aromatic ring is 1. The van der Waals surface area contributed by atoms with E-state index in [1.807, 2.05) is 5.43 Å². The molecule has 0 aliphatic rings. The molecule has 3 N–H and O–H groups in total. The van der Waals surface area contributed by atoms with Crippen molar-refractivity contribution in [3.05, 3.63) is 28.3 Å². The first-order chi connectivity index (χ1) is 7.33. The number of hydrogen-bond acceptors (Lipinski definition) is 5. The second-order valence-corrected chi connectivity index (χ2v) is 2.63. The number of nitrogens with two attached hydrogens (primary N) is 1. The molecule has 0 aliphatic heterocycles. The summed E-state index contributed by atoms with van der Waals surface area (Å²) in [4.78, 5) is 9.43. The number of ether oxygens (including phenoxy) is 1. The summed E-state index contributed by atoms with van der Waals surface area (Å²) in [5.74, 6) is 4.03. The molecule has 0 radical (unpaired) electrons. The van der Waals surface area contributed by atoms with Gasteiger partial charge in [-0.05, 0) is 6.07 Å². The van der Waals surface area contributed by atoms with E-state index in [0.29, 0.717) is 0 Å². The number of nitro groups is 1. The number of rotatable bonds is 3. The molecule has 0 saturated heterocycles. The van der Waals surface area contributed by atoms with E-state index in [2.05, 4.69) is 4.74 Å². The highest BCUT2D eigenvalue weighted by molar-refractivity contribution is 5.57. The normalized spacial score (nSPS) is 11.0. The predicted octanol–water partition coefficient (Wildman–Crippen LogP) is 1.78. The lowest BCUT2D eigenvalue weighted by Gasteiger charge is -2.10. The standard InChI is InChI=1S/C7H6F3N3O3/c8-7(9,10)16-6-3-4(12-11)1-2-5(6)13(14)15/h1-3,12H,11H2. The van der Waals surface area contributed by atoms with Crippen LogP contribution in [0.15, 0.2) is 18.2 Å². The molecule has 0 bridgehead atoms. The molecule has 6 nitrogen and oxygen atoms in total. The van der Waals surface area contributed by atoms with Crippen molar-refractivity contribution in [2.45, 2.75) is 6.36 Å². The van der Waals surface area contributed by atoms with Crippen LogP contribution < -0.4 is 16.0 Å². The van der Waals surface area contributed by atoms with Crippen molar-refractivity contribution in [1.29, 1.82) is 0 Å². The largest absolute Gasteiger partial charge is 0.573 e. The minimum atomic E-state index is -5.00. The van der Waals surface area contributed by atoms with Crippen molar-refractivity contribution in [2.75, 3.05) is 5.43 Å². The number of nitrogens with one attached hydrogen (secondary N) is 1. The Hall–Kier alpha value is -2.03. The number of benzene rings is 1. The number of hydrazine groups is 1.